The topological polar surface area (TPSA) is 67.4 Å². The minimum absolute atomic E-state index is 0.127. The molecule has 0 aromatic heterocycles. The minimum Gasteiger partial charge on any atom is -0.484 e. The maximum absolute atomic E-state index is 12.5. The van der Waals surface area contributed by atoms with Gasteiger partial charge in [-0.1, -0.05) is 35.9 Å². The van der Waals surface area contributed by atoms with Crippen molar-refractivity contribution in [1.82, 2.24) is 5.32 Å². The van der Waals surface area contributed by atoms with Crippen molar-refractivity contribution in [2.45, 2.75) is 19.4 Å². The summed E-state index contributed by atoms with van der Waals surface area (Å²) >= 11 is 1.63. The summed E-state index contributed by atoms with van der Waals surface area (Å²) < 4.78 is 5.44. The summed E-state index contributed by atoms with van der Waals surface area (Å²) in [4.78, 5) is 24.7. The summed E-state index contributed by atoms with van der Waals surface area (Å²) in [5.74, 6) is 0.841. The highest BCUT2D eigenvalue weighted by Crippen LogP contribution is 2.11. The van der Waals surface area contributed by atoms with Gasteiger partial charge in [0.1, 0.15) is 11.8 Å². The second-order valence-corrected chi connectivity index (χ2v) is 6.84. The molecule has 0 heterocycles. The Morgan fingerprint density at radius 2 is 1.77 bits per heavy atom. The molecule has 0 bridgehead atoms. The number of ether oxygens (including phenoxy) is 1. The Bertz CT molecular complexity index is 705. The van der Waals surface area contributed by atoms with Crippen LogP contribution in [0.4, 0.5) is 5.69 Å². The van der Waals surface area contributed by atoms with E-state index in [4.69, 9.17) is 4.74 Å². The first kappa shape index (κ1) is 19.8. The first-order valence-electron chi connectivity index (χ1n) is 8.42. The lowest BCUT2D eigenvalue weighted by Crippen LogP contribution is -2.45. The molecule has 0 radical (unpaired) electrons. The van der Waals surface area contributed by atoms with Gasteiger partial charge in [0.15, 0.2) is 6.61 Å². The molecule has 6 heteroatoms. The summed E-state index contributed by atoms with van der Waals surface area (Å²) in [7, 11) is 0. The van der Waals surface area contributed by atoms with Gasteiger partial charge in [0.25, 0.3) is 5.91 Å². The van der Waals surface area contributed by atoms with E-state index in [0.717, 1.165) is 11.3 Å². The van der Waals surface area contributed by atoms with E-state index < -0.39 is 6.04 Å². The number of hydrogen-bond donors (Lipinski definition) is 2. The molecule has 2 N–H and O–H groups in total. The van der Waals surface area contributed by atoms with Crippen LogP contribution < -0.4 is 15.4 Å². The van der Waals surface area contributed by atoms with E-state index in [1.807, 2.05) is 55.6 Å². The molecular formula is C20H24N2O3S. The zero-order chi connectivity index (χ0) is 18.8. The van der Waals surface area contributed by atoms with Gasteiger partial charge in [-0.05, 0) is 49.6 Å². The first-order valence-corrected chi connectivity index (χ1v) is 9.81. The summed E-state index contributed by atoms with van der Waals surface area (Å²) in [6.45, 7) is 1.86. The molecule has 0 saturated heterocycles. The fraction of sp³-hybridized carbons (Fsp3) is 0.300. The number of benzene rings is 2. The molecule has 0 saturated carbocycles. The van der Waals surface area contributed by atoms with Gasteiger partial charge < -0.3 is 15.4 Å². The van der Waals surface area contributed by atoms with Gasteiger partial charge in [-0.2, -0.15) is 11.8 Å². The molecule has 2 aromatic rings. The van der Waals surface area contributed by atoms with Gasteiger partial charge in [-0.15, -0.1) is 0 Å². The van der Waals surface area contributed by atoms with E-state index in [1.54, 1.807) is 23.9 Å². The van der Waals surface area contributed by atoms with Gasteiger partial charge in [0.2, 0.25) is 5.91 Å². The largest absolute Gasteiger partial charge is 0.484 e. The summed E-state index contributed by atoms with van der Waals surface area (Å²) in [5, 5.41) is 5.62. The van der Waals surface area contributed by atoms with Crippen molar-refractivity contribution < 1.29 is 14.3 Å². The first-order chi connectivity index (χ1) is 12.6. The molecule has 2 rings (SSSR count). The fourth-order valence-corrected chi connectivity index (χ4v) is 2.74. The normalized spacial score (nSPS) is 11.5. The van der Waals surface area contributed by atoms with Crippen LogP contribution in [0.5, 0.6) is 5.75 Å². The third-order valence-electron chi connectivity index (χ3n) is 3.69. The van der Waals surface area contributed by atoms with E-state index in [0.29, 0.717) is 17.9 Å². The monoisotopic (exact) mass is 372 g/mol. The van der Waals surface area contributed by atoms with E-state index in [2.05, 4.69) is 10.6 Å². The Balaban J connectivity index is 1.91. The molecule has 0 aliphatic rings. The predicted octanol–water partition coefficient (Wildman–Crippen LogP) is 3.25. The number of para-hydroxylation sites is 1. The average Bonchev–Trinajstić information content (AvgIpc) is 2.66. The van der Waals surface area contributed by atoms with Crippen LogP contribution in [-0.2, 0) is 9.59 Å². The highest BCUT2D eigenvalue weighted by molar-refractivity contribution is 7.98. The lowest BCUT2D eigenvalue weighted by atomic mass is 10.2. The number of thioether (sulfide) groups is 1. The third-order valence-corrected chi connectivity index (χ3v) is 4.34. The number of anilines is 1. The molecule has 2 amide bonds. The average molecular weight is 372 g/mol. The maximum atomic E-state index is 12.5. The minimum atomic E-state index is -0.601. The van der Waals surface area contributed by atoms with Crippen LogP contribution in [0.2, 0.25) is 0 Å². The van der Waals surface area contributed by atoms with E-state index in [1.165, 1.54) is 0 Å². The number of amides is 2. The van der Waals surface area contributed by atoms with Crippen molar-refractivity contribution in [1.29, 1.82) is 0 Å². The highest BCUT2D eigenvalue weighted by atomic mass is 32.2. The Morgan fingerprint density at radius 1 is 1.08 bits per heavy atom. The summed E-state index contributed by atoms with van der Waals surface area (Å²) in [5.41, 5.74) is 1.83. The van der Waals surface area contributed by atoms with Crippen LogP contribution in [-0.4, -0.2) is 36.5 Å². The van der Waals surface area contributed by atoms with Gasteiger partial charge in [0, 0.05) is 5.69 Å². The SMILES string of the molecule is CSCC[C@@H](NC(=O)COc1ccccc1)C(=O)Nc1ccc(C)cc1. The third kappa shape index (κ3) is 6.80. The van der Waals surface area contributed by atoms with Gasteiger partial charge >= 0.3 is 0 Å². The van der Waals surface area contributed by atoms with Crippen molar-refractivity contribution in [3.63, 3.8) is 0 Å². The predicted molar refractivity (Wildman–Crippen MR) is 107 cm³/mol. The van der Waals surface area contributed by atoms with Crippen LogP contribution in [0, 0.1) is 6.92 Å². The number of nitrogens with one attached hydrogen (secondary N) is 2. The fourth-order valence-electron chi connectivity index (χ4n) is 2.27. The van der Waals surface area contributed by atoms with Crippen LogP contribution in [0.1, 0.15) is 12.0 Å². The Morgan fingerprint density at radius 3 is 2.42 bits per heavy atom. The number of carbonyl (C=O) groups excluding carboxylic acids is 2. The quantitative estimate of drug-likeness (QED) is 0.709. The van der Waals surface area contributed by atoms with Crippen molar-refractivity contribution in [3.05, 3.63) is 60.2 Å². The van der Waals surface area contributed by atoms with Gasteiger partial charge in [0.05, 0.1) is 0 Å². The van der Waals surface area contributed by atoms with Crippen LogP contribution in [0.15, 0.2) is 54.6 Å². The van der Waals surface area contributed by atoms with E-state index in [-0.39, 0.29) is 18.4 Å². The number of rotatable bonds is 9. The zero-order valence-corrected chi connectivity index (χ0v) is 15.8. The Labute approximate surface area is 158 Å². The highest BCUT2D eigenvalue weighted by Gasteiger charge is 2.20. The van der Waals surface area contributed by atoms with E-state index >= 15 is 0 Å². The van der Waals surface area contributed by atoms with Crippen LogP contribution in [0.3, 0.4) is 0 Å². The summed E-state index contributed by atoms with van der Waals surface area (Å²) in [6.07, 6.45) is 2.52. The molecule has 26 heavy (non-hydrogen) atoms. The second-order valence-electron chi connectivity index (χ2n) is 5.86. The zero-order valence-electron chi connectivity index (χ0n) is 15.0. The molecule has 0 unspecified atom stereocenters. The molecule has 0 aliphatic carbocycles. The molecule has 2 aromatic carbocycles. The summed E-state index contributed by atoms with van der Waals surface area (Å²) in [6, 6.07) is 16.1. The molecule has 0 aliphatic heterocycles. The van der Waals surface area contributed by atoms with Gasteiger partial charge in [-0.25, -0.2) is 0 Å². The van der Waals surface area contributed by atoms with Crippen molar-refractivity contribution in [2.24, 2.45) is 0 Å². The second kappa shape index (κ2) is 10.5. The Kier molecular flexibility index (Phi) is 8.02. The van der Waals surface area contributed by atoms with Crippen molar-refractivity contribution in [2.75, 3.05) is 23.9 Å². The van der Waals surface area contributed by atoms with Gasteiger partial charge in [-0.3, -0.25) is 9.59 Å². The Hall–Kier alpha value is -2.47. The van der Waals surface area contributed by atoms with Crippen LogP contribution in [0.25, 0.3) is 0 Å². The maximum Gasteiger partial charge on any atom is 0.258 e. The van der Waals surface area contributed by atoms with E-state index in [9.17, 15) is 9.59 Å². The van der Waals surface area contributed by atoms with Crippen molar-refractivity contribution in [3.8, 4) is 5.75 Å². The number of hydrogen-bond acceptors (Lipinski definition) is 4. The lowest BCUT2D eigenvalue weighted by Gasteiger charge is -2.18. The molecular weight excluding hydrogens is 348 g/mol. The molecule has 1 atom stereocenters. The van der Waals surface area contributed by atoms with Crippen molar-refractivity contribution >= 4 is 29.3 Å². The molecule has 138 valence electrons. The number of carbonyl (C=O) groups is 2. The lowest BCUT2D eigenvalue weighted by molar-refractivity contribution is -0.127. The smallest absolute Gasteiger partial charge is 0.258 e. The standard InChI is InChI=1S/C20H24N2O3S/c1-15-8-10-16(11-9-15)21-20(24)18(12-13-26-2)22-19(23)14-25-17-6-4-3-5-7-17/h3-11,18H,12-14H2,1-2H3,(H,21,24)(H,22,23)/t18-/m1/s1. The molecule has 0 fully saturated rings. The molecule has 5 nitrogen and oxygen atoms in total. The number of aryl methyl sites for hydroxylation is 1. The van der Waals surface area contributed by atoms with Crippen LogP contribution >= 0.6 is 11.8 Å². The molecule has 0 spiro atoms.